The first-order chi connectivity index (χ1) is 12.2. The number of anilines is 1. The number of carbonyl (C=O) groups excluding carboxylic acids is 1. The Morgan fingerprint density at radius 3 is 2.88 bits per heavy atom. The molecule has 0 bridgehead atoms. The lowest BCUT2D eigenvalue weighted by molar-refractivity contribution is -0.122. The van der Waals surface area contributed by atoms with Gasteiger partial charge in [-0.3, -0.25) is 4.79 Å². The van der Waals surface area contributed by atoms with Gasteiger partial charge < -0.3 is 19.9 Å². The highest BCUT2D eigenvalue weighted by Gasteiger charge is 2.37. The maximum Gasteiger partial charge on any atom is 0.242 e. The lowest BCUT2D eigenvalue weighted by Crippen LogP contribution is -2.46. The SMILES string of the molecule is O=C(NCC1CC(n2ccnc2)C1)C1CC(O)CN1c1ccncn1. The fourth-order valence-electron chi connectivity index (χ4n) is 3.73. The van der Waals surface area contributed by atoms with Crippen LogP contribution in [-0.2, 0) is 4.79 Å². The van der Waals surface area contributed by atoms with Gasteiger partial charge in [0.05, 0.1) is 12.4 Å². The number of nitrogens with zero attached hydrogens (tertiary/aromatic N) is 5. The summed E-state index contributed by atoms with van der Waals surface area (Å²) in [5.74, 6) is 1.13. The number of nitrogens with one attached hydrogen (secondary N) is 1. The highest BCUT2D eigenvalue weighted by atomic mass is 16.3. The van der Waals surface area contributed by atoms with E-state index in [-0.39, 0.29) is 11.9 Å². The van der Waals surface area contributed by atoms with E-state index >= 15 is 0 Å². The molecule has 2 aromatic rings. The molecule has 0 radical (unpaired) electrons. The topological polar surface area (TPSA) is 96.2 Å². The number of hydrogen-bond acceptors (Lipinski definition) is 6. The van der Waals surface area contributed by atoms with Gasteiger partial charge in [-0.15, -0.1) is 0 Å². The molecule has 1 saturated carbocycles. The molecule has 25 heavy (non-hydrogen) atoms. The van der Waals surface area contributed by atoms with Gasteiger partial charge in [0, 0.05) is 44.1 Å². The molecule has 0 spiro atoms. The molecule has 2 unspecified atom stereocenters. The normalized spacial score (nSPS) is 28.6. The van der Waals surface area contributed by atoms with Crippen molar-refractivity contribution >= 4 is 11.7 Å². The smallest absolute Gasteiger partial charge is 0.242 e. The number of β-amino-alcohol motifs (C(OH)–C–C–N with tert-alkyl or cyclic N) is 1. The summed E-state index contributed by atoms with van der Waals surface area (Å²) in [6.07, 6.45) is 10.8. The van der Waals surface area contributed by atoms with Crippen LogP contribution >= 0.6 is 0 Å². The molecule has 1 aliphatic carbocycles. The lowest BCUT2D eigenvalue weighted by Gasteiger charge is -2.36. The van der Waals surface area contributed by atoms with Gasteiger partial charge in [0.25, 0.3) is 0 Å². The van der Waals surface area contributed by atoms with Gasteiger partial charge in [0.2, 0.25) is 5.91 Å². The molecule has 1 saturated heterocycles. The molecular formula is C17H22N6O2. The molecule has 1 aliphatic heterocycles. The second kappa shape index (κ2) is 6.79. The van der Waals surface area contributed by atoms with Gasteiger partial charge in [-0.2, -0.15) is 0 Å². The van der Waals surface area contributed by atoms with E-state index in [2.05, 4.69) is 24.8 Å². The molecule has 3 heterocycles. The Morgan fingerprint density at radius 2 is 2.16 bits per heavy atom. The number of aliphatic hydroxyl groups is 1. The zero-order valence-corrected chi connectivity index (χ0v) is 13.9. The molecule has 8 nitrogen and oxygen atoms in total. The zero-order valence-electron chi connectivity index (χ0n) is 13.9. The number of amides is 1. The Balaban J connectivity index is 1.30. The van der Waals surface area contributed by atoms with Gasteiger partial charge >= 0.3 is 0 Å². The second-order valence-electron chi connectivity index (χ2n) is 6.87. The van der Waals surface area contributed by atoms with Crippen LogP contribution in [0.5, 0.6) is 0 Å². The highest BCUT2D eigenvalue weighted by molar-refractivity contribution is 5.85. The van der Waals surface area contributed by atoms with Gasteiger partial charge in [-0.05, 0) is 24.8 Å². The molecule has 1 amide bonds. The first kappa shape index (κ1) is 16.0. The fraction of sp³-hybridized carbons (Fsp3) is 0.529. The van der Waals surface area contributed by atoms with Crippen molar-refractivity contribution in [2.24, 2.45) is 5.92 Å². The molecule has 2 aromatic heterocycles. The third-order valence-corrected chi connectivity index (χ3v) is 5.16. The van der Waals surface area contributed by atoms with Crippen LogP contribution in [-0.4, -0.2) is 55.8 Å². The summed E-state index contributed by atoms with van der Waals surface area (Å²) in [6, 6.07) is 1.88. The van der Waals surface area contributed by atoms with Crippen molar-refractivity contribution in [1.29, 1.82) is 0 Å². The van der Waals surface area contributed by atoms with E-state index in [0.29, 0.717) is 37.3 Å². The van der Waals surface area contributed by atoms with Crippen LogP contribution in [0.4, 0.5) is 5.82 Å². The van der Waals surface area contributed by atoms with E-state index in [1.54, 1.807) is 18.5 Å². The number of hydrogen-bond donors (Lipinski definition) is 2. The summed E-state index contributed by atoms with van der Waals surface area (Å²) in [5.41, 5.74) is 0. The minimum absolute atomic E-state index is 0.0405. The van der Waals surface area contributed by atoms with Gasteiger partial charge in [0.15, 0.2) is 0 Å². The van der Waals surface area contributed by atoms with Crippen LogP contribution in [0.2, 0.25) is 0 Å². The minimum atomic E-state index is -0.514. The predicted octanol–water partition coefficient (Wildman–Crippen LogP) is 0.380. The molecule has 0 aromatic carbocycles. The molecule has 2 N–H and O–H groups in total. The summed E-state index contributed by atoms with van der Waals surface area (Å²) < 4.78 is 2.13. The van der Waals surface area contributed by atoms with Crippen LogP contribution in [0.1, 0.15) is 25.3 Å². The first-order valence-electron chi connectivity index (χ1n) is 8.66. The Labute approximate surface area is 145 Å². The van der Waals surface area contributed by atoms with Crippen molar-refractivity contribution in [3.63, 3.8) is 0 Å². The summed E-state index contributed by atoms with van der Waals surface area (Å²) in [5, 5.41) is 13.0. The minimum Gasteiger partial charge on any atom is -0.391 e. The Morgan fingerprint density at radius 1 is 1.28 bits per heavy atom. The van der Waals surface area contributed by atoms with Crippen molar-refractivity contribution < 1.29 is 9.90 Å². The first-order valence-corrected chi connectivity index (χ1v) is 8.66. The average Bonchev–Trinajstić information content (AvgIpc) is 3.24. The molecule has 8 heteroatoms. The maximum atomic E-state index is 12.6. The second-order valence-corrected chi connectivity index (χ2v) is 6.87. The van der Waals surface area contributed by atoms with Crippen LogP contribution in [0.3, 0.4) is 0 Å². The van der Waals surface area contributed by atoms with Gasteiger partial charge in [-0.1, -0.05) is 0 Å². The molecule has 132 valence electrons. The Kier molecular flexibility index (Phi) is 4.35. The summed E-state index contributed by atoms with van der Waals surface area (Å²) in [7, 11) is 0. The molecule has 4 rings (SSSR count). The molecule has 2 aliphatic rings. The molecule has 2 atom stereocenters. The van der Waals surface area contributed by atoms with E-state index in [4.69, 9.17) is 0 Å². The number of imidazole rings is 1. The summed E-state index contributed by atoms with van der Waals surface area (Å²) >= 11 is 0. The standard InChI is InChI=1S/C17H22N6O2/c24-14-7-15(23(9-14)16-1-2-18-10-21-16)17(25)20-8-12-5-13(6-12)22-4-3-19-11-22/h1-4,10-15,24H,5-9H2,(H,20,25). The largest absolute Gasteiger partial charge is 0.391 e. The number of carbonyl (C=O) groups is 1. The van der Waals surface area contributed by atoms with Crippen molar-refractivity contribution in [2.75, 3.05) is 18.0 Å². The molecular weight excluding hydrogens is 320 g/mol. The van der Waals surface area contributed by atoms with Crippen molar-refractivity contribution in [1.82, 2.24) is 24.8 Å². The summed E-state index contributed by atoms with van der Waals surface area (Å²) in [4.78, 5) is 26.6. The van der Waals surface area contributed by atoms with Crippen LogP contribution in [0, 0.1) is 5.92 Å². The van der Waals surface area contributed by atoms with Gasteiger partial charge in [-0.25, -0.2) is 15.0 Å². The van der Waals surface area contributed by atoms with E-state index in [1.807, 2.05) is 17.4 Å². The van der Waals surface area contributed by atoms with E-state index < -0.39 is 6.10 Å². The van der Waals surface area contributed by atoms with Crippen LogP contribution in [0.25, 0.3) is 0 Å². The quantitative estimate of drug-likeness (QED) is 0.815. The number of rotatable bonds is 5. The third-order valence-electron chi connectivity index (χ3n) is 5.16. The third kappa shape index (κ3) is 3.34. The van der Waals surface area contributed by atoms with Gasteiger partial charge in [0.1, 0.15) is 18.2 Å². The fourth-order valence-corrected chi connectivity index (χ4v) is 3.73. The van der Waals surface area contributed by atoms with Crippen molar-refractivity contribution in [3.05, 3.63) is 37.3 Å². The zero-order chi connectivity index (χ0) is 17.2. The average molecular weight is 342 g/mol. The van der Waals surface area contributed by atoms with E-state index in [0.717, 1.165) is 12.8 Å². The van der Waals surface area contributed by atoms with E-state index in [1.165, 1.54) is 6.33 Å². The highest BCUT2D eigenvalue weighted by Crippen LogP contribution is 2.37. The van der Waals surface area contributed by atoms with Crippen molar-refractivity contribution in [3.8, 4) is 0 Å². The predicted molar refractivity (Wildman–Crippen MR) is 90.8 cm³/mol. The monoisotopic (exact) mass is 342 g/mol. The van der Waals surface area contributed by atoms with Crippen LogP contribution in [0.15, 0.2) is 37.3 Å². The molecule has 2 fully saturated rings. The Bertz CT molecular complexity index is 701. The summed E-state index contributed by atoms with van der Waals surface area (Å²) in [6.45, 7) is 1.09. The lowest BCUT2D eigenvalue weighted by atomic mass is 9.80. The maximum absolute atomic E-state index is 12.6. The Hall–Kier alpha value is -2.48. The number of aromatic nitrogens is 4. The van der Waals surface area contributed by atoms with Crippen LogP contribution < -0.4 is 10.2 Å². The van der Waals surface area contributed by atoms with E-state index in [9.17, 15) is 9.90 Å². The number of aliphatic hydroxyl groups excluding tert-OH is 1. The van der Waals surface area contributed by atoms with Crippen molar-refractivity contribution in [2.45, 2.75) is 37.5 Å².